The molecule has 1 aliphatic rings. The SMILES string of the molecule is Cc1c(O)cccc1C(=O)N1CCC(N)CC1.Cl. The minimum Gasteiger partial charge on any atom is -0.508 e. The standard InChI is InChI=1S/C13H18N2O2.ClH/c1-9-11(3-2-4-12(9)16)13(17)15-7-5-10(14)6-8-15;/h2-4,10,16H,5-8,14H2,1H3;1H. The lowest BCUT2D eigenvalue weighted by molar-refractivity contribution is 0.0713. The van der Waals surface area contributed by atoms with Crippen molar-refractivity contribution in [3.8, 4) is 5.75 Å². The molecule has 0 radical (unpaired) electrons. The summed E-state index contributed by atoms with van der Waals surface area (Å²) in [7, 11) is 0. The van der Waals surface area contributed by atoms with Crippen molar-refractivity contribution in [2.75, 3.05) is 13.1 Å². The number of halogens is 1. The number of piperidine rings is 1. The van der Waals surface area contributed by atoms with Gasteiger partial charge in [-0.2, -0.15) is 0 Å². The average molecular weight is 271 g/mol. The van der Waals surface area contributed by atoms with Gasteiger partial charge in [0, 0.05) is 30.3 Å². The number of hydrogen-bond acceptors (Lipinski definition) is 3. The second kappa shape index (κ2) is 6.07. The molecule has 0 bridgehead atoms. The molecular formula is C13H19ClN2O2. The maximum atomic E-state index is 12.3. The van der Waals surface area contributed by atoms with Crippen LogP contribution in [0, 0.1) is 6.92 Å². The van der Waals surface area contributed by atoms with Crippen molar-refractivity contribution < 1.29 is 9.90 Å². The minimum atomic E-state index is -0.00898. The number of phenolic OH excluding ortho intramolecular Hbond substituents is 1. The molecule has 0 aliphatic carbocycles. The van der Waals surface area contributed by atoms with E-state index >= 15 is 0 Å². The zero-order valence-corrected chi connectivity index (χ0v) is 11.2. The Morgan fingerprint density at radius 3 is 2.61 bits per heavy atom. The van der Waals surface area contributed by atoms with Gasteiger partial charge in [0.05, 0.1) is 0 Å². The van der Waals surface area contributed by atoms with Crippen molar-refractivity contribution in [3.63, 3.8) is 0 Å². The fourth-order valence-electron chi connectivity index (χ4n) is 2.13. The Morgan fingerprint density at radius 1 is 1.39 bits per heavy atom. The first-order chi connectivity index (χ1) is 8.09. The summed E-state index contributed by atoms with van der Waals surface area (Å²) in [4.78, 5) is 14.1. The van der Waals surface area contributed by atoms with Crippen LogP contribution in [-0.4, -0.2) is 35.0 Å². The molecule has 1 aliphatic heterocycles. The highest BCUT2D eigenvalue weighted by molar-refractivity contribution is 5.96. The van der Waals surface area contributed by atoms with Crippen molar-refractivity contribution in [1.29, 1.82) is 0 Å². The van der Waals surface area contributed by atoms with E-state index in [1.165, 1.54) is 0 Å². The minimum absolute atomic E-state index is 0. The highest BCUT2D eigenvalue weighted by atomic mass is 35.5. The van der Waals surface area contributed by atoms with Gasteiger partial charge >= 0.3 is 0 Å². The van der Waals surface area contributed by atoms with Crippen LogP contribution in [0.15, 0.2) is 18.2 Å². The summed E-state index contributed by atoms with van der Waals surface area (Å²) in [6.45, 7) is 3.17. The van der Waals surface area contributed by atoms with Crippen molar-refractivity contribution in [2.45, 2.75) is 25.8 Å². The molecule has 1 fully saturated rings. The second-order valence-electron chi connectivity index (χ2n) is 4.58. The number of likely N-dealkylation sites (tertiary alicyclic amines) is 1. The van der Waals surface area contributed by atoms with Crippen molar-refractivity contribution in [2.24, 2.45) is 5.73 Å². The molecule has 1 aromatic carbocycles. The van der Waals surface area contributed by atoms with Crippen LogP contribution >= 0.6 is 12.4 Å². The molecule has 3 N–H and O–H groups in total. The van der Waals surface area contributed by atoms with E-state index in [2.05, 4.69) is 0 Å². The zero-order valence-electron chi connectivity index (χ0n) is 10.4. The first-order valence-corrected chi connectivity index (χ1v) is 5.93. The fourth-order valence-corrected chi connectivity index (χ4v) is 2.13. The van der Waals surface area contributed by atoms with E-state index in [-0.39, 0.29) is 30.1 Å². The average Bonchev–Trinajstić information content (AvgIpc) is 2.33. The molecule has 4 nitrogen and oxygen atoms in total. The van der Waals surface area contributed by atoms with Gasteiger partial charge in [-0.25, -0.2) is 0 Å². The number of rotatable bonds is 1. The third-order valence-electron chi connectivity index (χ3n) is 3.36. The number of benzene rings is 1. The first-order valence-electron chi connectivity index (χ1n) is 5.93. The van der Waals surface area contributed by atoms with Gasteiger partial charge in [0.1, 0.15) is 5.75 Å². The summed E-state index contributed by atoms with van der Waals surface area (Å²) >= 11 is 0. The molecule has 1 aromatic rings. The van der Waals surface area contributed by atoms with E-state index in [9.17, 15) is 9.90 Å². The molecule has 1 saturated heterocycles. The molecule has 18 heavy (non-hydrogen) atoms. The third-order valence-corrected chi connectivity index (χ3v) is 3.36. The summed E-state index contributed by atoms with van der Waals surface area (Å²) in [6, 6.07) is 5.26. The summed E-state index contributed by atoms with van der Waals surface area (Å²) < 4.78 is 0. The van der Waals surface area contributed by atoms with Crippen LogP contribution in [0.5, 0.6) is 5.75 Å². The number of carbonyl (C=O) groups excluding carboxylic acids is 1. The van der Waals surface area contributed by atoms with Gasteiger partial charge in [-0.3, -0.25) is 4.79 Å². The van der Waals surface area contributed by atoms with Crippen molar-refractivity contribution in [1.82, 2.24) is 4.90 Å². The Morgan fingerprint density at radius 2 is 2.00 bits per heavy atom. The number of amides is 1. The third kappa shape index (κ3) is 2.94. The van der Waals surface area contributed by atoms with Gasteiger partial charge in [-0.05, 0) is 31.9 Å². The van der Waals surface area contributed by atoms with Gasteiger partial charge in [0.25, 0.3) is 5.91 Å². The fraction of sp³-hybridized carbons (Fsp3) is 0.462. The van der Waals surface area contributed by atoms with Crippen LogP contribution in [0.2, 0.25) is 0 Å². The van der Waals surface area contributed by atoms with Crippen LogP contribution in [-0.2, 0) is 0 Å². The molecular weight excluding hydrogens is 252 g/mol. The van der Waals surface area contributed by atoms with Crippen molar-refractivity contribution >= 4 is 18.3 Å². The molecule has 100 valence electrons. The molecule has 2 rings (SSSR count). The number of phenols is 1. The lowest BCUT2D eigenvalue weighted by Gasteiger charge is -2.30. The van der Waals surface area contributed by atoms with Gasteiger partial charge in [-0.1, -0.05) is 6.07 Å². The number of hydrogen-bond donors (Lipinski definition) is 2. The van der Waals surface area contributed by atoms with E-state index in [0.717, 1.165) is 12.8 Å². The summed E-state index contributed by atoms with van der Waals surface area (Å²) in [5.41, 5.74) is 7.04. The Kier molecular flexibility index (Phi) is 4.99. The number of carbonyl (C=O) groups is 1. The van der Waals surface area contributed by atoms with E-state index in [4.69, 9.17) is 5.73 Å². The van der Waals surface area contributed by atoms with Gasteiger partial charge in [0.2, 0.25) is 0 Å². The quantitative estimate of drug-likeness (QED) is 0.816. The summed E-state index contributed by atoms with van der Waals surface area (Å²) in [5.74, 6) is 0.162. The zero-order chi connectivity index (χ0) is 12.4. The number of nitrogens with zero attached hydrogens (tertiary/aromatic N) is 1. The van der Waals surface area contributed by atoms with E-state index in [1.54, 1.807) is 25.1 Å². The van der Waals surface area contributed by atoms with E-state index < -0.39 is 0 Å². The molecule has 5 heteroatoms. The Labute approximate surface area is 113 Å². The van der Waals surface area contributed by atoms with Gasteiger partial charge in [-0.15, -0.1) is 12.4 Å². The van der Waals surface area contributed by atoms with Crippen LogP contribution in [0.3, 0.4) is 0 Å². The second-order valence-corrected chi connectivity index (χ2v) is 4.58. The summed E-state index contributed by atoms with van der Waals surface area (Å²) in [6.07, 6.45) is 1.70. The topological polar surface area (TPSA) is 66.6 Å². The number of nitrogens with two attached hydrogens (primary N) is 1. The van der Waals surface area contributed by atoms with Gasteiger partial charge < -0.3 is 15.7 Å². The smallest absolute Gasteiger partial charge is 0.254 e. The Balaban J connectivity index is 0.00000162. The molecule has 0 saturated carbocycles. The normalized spacial score (nSPS) is 16.2. The lowest BCUT2D eigenvalue weighted by Crippen LogP contribution is -2.43. The van der Waals surface area contributed by atoms with Crippen LogP contribution < -0.4 is 5.73 Å². The molecule has 1 amide bonds. The Hall–Kier alpha value is -1.26. The van der Waals surface area contributed by atoms with Crippen LogP contribution in [0.4, 0.5) is 0 Å². The predicted molar refractivity (Wildman–Crippen MR) is 73.2 cm³/mol. The van der Waals surface area contributed by atoms with E-state index in [0.29, 0.717) is 24.2 Å². The number of aromatic hydroxyl groups is 1. The summed E-state index contributed by atoms with van der Waals surface area (Å²) in [5, 5.41) is 9.60. The first kappa shape index (κ1) is 14.8. The van der Waals surface area contributed by atoms with Crippen molar-refractivity contribution in [3.05, 3.63) is 29.3 Å². The van der Waals surface area contributed by atoms with Gasteiger partial charge in [0.15, 0.2) is 0 Å². The highest BCUT2D eigenvalue weighted by Gasteiger charge is 2.23. The maximum Gasteiger partial charge on any atom is 0.254 e. The monoisotopic (exact) mass is 270 g/mol. The Bertz CT molecular complexity index is 429. The molecule has 0 atom stereocenters. The molecule has 0 aromatic heterocycles. The lowest BCUT2D eigenvalue weighted by atomic mass is 10.0. The molecule has 1 heterocycles. The van der Waals surface area contributed by atoms with Crippen LogP contribution in [0.1, 0.15) is 28.8 Å². The predicted octanol–water partition coefficient (Wildman–Crippen LogP) is 1.69. The molecule has 0 spiro atoms. The molecule has 0 unspecified atom stereocenters. The highest BCUT2D eigenvalue weighted by Crippen LogP contribution is 2.22. The van der Waals surface area contributed by atoms with E-state index in [1.807, 2.05) is 4.90 Å². The largest absolute Gasteiger partial charge is 0.508 e. The maximum absolute atomic E-state index is 12.3. The van der Waals surface area contributed by atoms with Crippen LogP contribution in [0.25, 0.3) is 0 Å².